The number of carbonyl (C=O) groups excluding carboxylic acids is 1. The minimum atomic E-state index is -0.331. The maximum Gasteiger partial charge on any atom is 0.274 e. The van der Waals surface area contributed by atoms with Crippen molar-refractivity contribution in [1.82, 2.24) is 15.0 Å². The van der Waals surface area contributed by atoms with Crippen LogP contribution in [-0.2, 0) is 0 Å². The van der Waals surface area contributed by atoms with Crippen LogP contribution in [0, 0.1) is 13.8 Å². The van der Waals surface area contributed by atoms with Gasteiger partial charge in [-0.1, -0.05) is 29.3 Å². The average Bonchev–Trinajstić information content (AvgIpc) is 2.60. The smallest absolute Gasteiger partial charge is 0.274 e. The summed E-state index contributed by atoms with van der Waals surface area (Å²) in [6.07, 6.45) is 3.04. The molecule has 1 N–H and O–H groups in total. The lowest BCUT2D eigenvalue weighted by molar-refractivity contribution is 0.102. The van der Waals surface area contributed by atoms with Gasteiger partial charge < -0.3 is 5.32 Å². The summed E-state index contributed by atoms with van der Waals surface area (Å²) in [7, 11) is 0. The number of halogens is 2. The van der Waals surface area contributed by atoms with E-state index in [1.165, 1.54) is 6.33 Å². The summed E-state index contributed by atoms with van der Waals surface area (Å²) in [5, 5.41) is 3.74. The zero-order chi connectivity index (χ0) is 18.0. The third-order valence-electron chi connectivity index (χ3n) is 3.70. The van der Waals surface area contributed by atoms with Gasteiger partial charge in [-0.05, 0) is 43.7 Å². The summed E-state index contributed by atoms with van der Waals surface area (Å²) in [5.74, 6) is -0.331. The number of aromatic nitrogens is 3. The van der Waals surface area contributed by atoms with Crippen LogP contribution < -0.4 is 5.32 Å². The number of anilines is 1. The van der Waals surface area contributed by atoms with Crippen LogP contribution in [0.1, 0.15) is 21.7 Å². The molecule has 0 unspecified atom stereocenters. The van der Waals surface area contributed by atoms with Gasteiger partial charge in [0.2, 0.25) is 0 Å². The third-order valence-corrected chi connectivity index (χ3v) is 4.44. The molecule has 126 valence electrons. The number of amides is 1. The molecule has 0 bridgehead atoms. The first-order chi connectivity index (χ1) is 12.0. The molecule has 25 heavy (non-hydrogen) atoms. The quantitative estimate of drug-likeness (QED) is 0.722. The number of benzene rings is 1. The van der Waals surface area contributed by atoms with Crippen molar-refractivity contribution >= 4 is 34.8 Å². The zero-order valence-electron chi connectivity index (χ0n) is 13.5. The highest BCUT2D eigenvalue weighted by atomic mass is 35.5. The second kappa shape index (κ2) is 7.17. The second-order valence-corrected chi connectivity index (χ2v) is 6.27. The summed E-state index contributed by atoms with van der Waals surface area (Å²) < 4.78 is 0. The monoisotopic (exact) mass is 372 g/mol. The van der Waals surface area contributed by atoms with Gasteiger partial charge in [0.1, 0.15) is 12.0 Å². The van der Waals surface area contributed by atoms with E-state index in [0.29, 0.717) is 21.4 Å². The number of rotatable bonds is 3. The van der Waals surface area contributed by atoms with Crippen LogP contribution >= 0.6 is 23.2 Å². The fraction of sp³-hybridized carbons (Fsp3) is 0.111. The average molecular weight is 373 g/mol. The van der Waals surface area contributed by atoms with Crippen LogP contribution in [0.2, 0.25) is 10.0 Å². The van der Waals surface area contributed by atoms with Crippen LogP contribution in [0.15, 0.2) is 42.9 Å². The van der Waals surface area contributed by atoms with E-state index in [9.17, 15) is 4.79 Å². The normalized spacial score (nSPS) is 10.6. The van der Waals surface area contributed by atoms with Crippen LogP contribution in [0.4, 0.5) is 5.69 Å². The molecule has 3 rings (SSSR count). The minimum absolute atomic E-state index is 0.249. The molecule has 2 aromatic heterocycles. The summed E-state index contributed by atoms with van der Waals surface area (Å²) >= 11 is 12.0. The third kappa shape index (κ3) is 3.78. The van der Waals surface area contributed by atoms with Gasteiger partial charge in [0.15, 0.2) is 0 Å². The Labute approximate surface area is 155 Å². The molecule has 1 amide bonds. The van der Waals surface area contributed by atoms with Crippen molar-refractivity contribution in [3.05, 3.63) is 69.9 Å². The molecular weight excluding hydrogens is 359 g/mol. The minimum Gasteiger partial charge on any atom is -0.319 e. The number of hydrogen-bond acceptors (Lipinski definition) is 4. The van der Waals surface area contributed by atoms with Crippen LogP contribution in [0.25, 0.3) is 11.3 Å². The van der Waals surface area contributed by atoms with E-state index in [4.69, 9.17) is 23.2 Å². The van der Waals surface area contributed by atoms with Crippen LogP contribution in [-0.4, -0.2) is 20.9 Å². The van der Waals surface area contributed by atoms with Gasteiger partial charge in [-0.15, -0.1) is 0 Å². The van der Waals surface area contributed by atoms with Crippen molar-refractivity contribution < 1.29 is 4.79 Å². The fourth-order valence-corrected chi connectivity index (χ4v) is 2.65. The first-order valence-electron chi connectivity index (χ1n) is 7.46. The number of pyridine rings is 1. The van der Waals surface area contributed by atoms with Gasteiger partial charge in [0.25, 0.3) is 5.91 Å². The van der Waals surface area contributed by atoms with Gasteiger partial charge in [-0.2, -0.15) is 0 Å². The van der Waals surface area contributed by atoms with E-state index >= 15 is 0 Å². The van der Waals surface area contributed by atoms with Gasteiger partial charge in [-0.3, -0.25) is 9.78 Å². The van der Waals surface area contributed by atoms with E-state index in [0.717, 1.165) is 16.8 Å². The van der Waals surface area contributed by atoms with Crippen molar-refractivity contribution in [3.8, 4) is 11.3 Å². The molecule has 0 saturated carbocycles. The molecule has 0 aliphatic carbocycles. The topological polar surface area (TPSA) is 67.8 Å². The number of hydrogen-bond donors (Lipinski definition) is 1. The predicted molar refractivity (Wildman–Crippen MR) is 99.2 cm³/mol. The zero-order valence-corrected chi connectivity index (χ0v) is 15.1. The number of aryl methyl sites for hydroxylation is 2. The van der Waals surface area contributed by atoms with Crippen LogP contribution in [0.5, 0.6) is 0 Å². The maximum atomic E-state index is 12.5. The van der Waals surface area contributed by atoms with Gasteiger partial charge in [-0.25, -0.2) is 9.97 Å². The largest absolute Gasteiger partial charge is 0.319 e. The Bertz CT molecular complexity index is 939. The summed E-state index contributed by atoms with van der Waals surface area (Å²) in [4.78, 5) is 25.0. The number of carbonyl (C=O) groups is 1. The van der Waals surface area contributed by atoms with Crippen molar-refractivity contribution in [2.45, 2.75) is 13.8 Å². The first kappa shape index (κ1) is 17.3. The Balaban J connectivity index is 1.91. The fourth-order valence-electron chi connectivity index (χ4n) is 2.36. The second-order valence-electron chi connectivity index (χ2n) is 5.46. The molecule has 0 atom stereocenters. The Kier molecular flexibility index (Phi) is 4.97. The van der Waals surface area contributed by atoms with Gasteiger partial charge in [0, 0.05) is 11.8 Å². The molecule has 0 spiro atoms. The summed E-state index contributed by atoms with van der Waals surface area (Å²) in [5.41, 5.74) is 3.94. The Morgan fingerprint density at radius 1 is 1.00 bits per heavy atom. The molecule has 7 heteroatoms. The van der Waals surface area contributed by atoms with Gasteiger partial charge >= 0.3 is 0 Å². The highest BCUT2D eigenvalue weighted by Gasteiger charge is 2.13. The highest BCUT2D eigenvalue weighted by Crippen LogP contribution is 2.27. The van der Waals surface area contributed by atoms with Gasteiger partial charge in [0.05, 0.1) is 27.1 Å². The van der Waals surface area contributed by atoms with Crippen molar-refractivity contribution in [1.29, 1.82) is 0 Å². The predicted octanol–water partition coefficient (Wildman–Crippen LogP) is 4.71. The Morgan fingerprint density at radius 3 is 2.52 bits per heavy atom. The molecule has 1 aromatic carbocycles. The lowest BCUT2D eigenvalue weighted by Crippen LogP contribution is -2.16. The van der Waals surface area contributed by atoms with E-state index in [1.54, 1.807) is 30.5 Å². The molecule has 2 heterocycles. The standard InChI is InChI=1S/C18H14Cl2N4O/c1-10-5-6-21-11(2)17(10)24-18(25)16-8-15(22-9-23-16)12-3-4-13(19)14(20)7-12/h3-9H,1-2H3,(H,24,25). The molecule has 0 saturated heterocycles. The molecule has 0 aliphatic rings. The molecule has 0 aliphatic heterocycles. The van der Waals surface area contributed by atoms with E-state index in [-0.39, 0.29) is 11.6 Å². The lowest BCUT2D eigenvalue weighted by atomic mass is 10.1. The maximum absolute atomic E-state index is 12.5. The van der Waals surface area contributed by atoms with Crippen molar-refractivity contribution in [2.24, 2.45) is 0 Å². The number of nitrogens with zero attached hydrogens (tertiary/aromatic N) is 3. The molecular formula is C18H14Cl2N4O. The Morgan fingerprint density at radius 2 is 1.80 bits per heavy atom. The van der Waals surface area contributed by atoms with E-state index in [2.05, 4.69) is 20.3 Å². The lowest BCUT2D eigenvalue weighted by Gasteiger charge is -2.10. The van der Waals surface area contributed by atoms with Crippen LogP contribution in [0.3, 0.4) is 0 Å². The van der Waals surface area contributed by atoms with E-state index in [1.807, 2.05) is 19.9 Å². The van der Waals surface area contributed by atoms with E-state index < -0.39 is 0 Å². The molecule has 0 fully saturated rings. The summed E-state index contributed by atoms with van der Waals surface area (Å²) in [6.45, 7) is 3.75. The SMILES string of the molecule is Cc1ccnc(C)c1NC(=O)c1cc(-c2ccc(Cl)c(Cl)c2)ncn1. The first-order valence-corrected chi connectivity index (χ1v) is 8.22. The molecule has 3 aromatic rings. The van der Waals surface area contributed by atoms with Crippen molar-refractivity contribution in [3.63, 3.8) is 0 Å². The highest BCUT2D eigenvalue weighted by molar-refractivity contribution is 6.42. The molecule has 0 radical (unpaired) electrons. The molecule has 5 nitrogen and oxygen atoms in total. The van der Waals surface area contributed by atoms with Crippen molar-refractivity contribution in [2.75, 3.05) is 5.32 Å². The number of nitrogens with one attached hydrogen (secondary N) is 1. The summed E-state index contributed by atoms with van der Waals surface area (Å²) in [6, 6.07) is 8.61. The Hall–Kier alpha value is -2.50.